The number of anilines is 1. The van der Waals surface area contributed by atoms with Gasteiger partial charge in [0.15, 0.2) is 11.2 Å². The lowest BCUT2D eigenvalue weighted by Crippen LogP contribution is -2.38. The average molecular weight is 407 g/mol. The number of benzene rings is 2. The molecular weight excluding hydrogens is 384 g/mol. The first-order valence-corrected chi connectivity index (χ1v) is 10.5. The van der Waals surface area contributed by atoms with E-state index >= 15 is 0 Å². The molecule has 1 N–H and O–H groups in total. The Morgan fingerprint density at radius 1 is 1.21 bits per heavy atom. The second-order valence-electron chi connectivity index (χ2n) is 7.23. The molecule has 0 bridgehead atoms. The van der Waals surface area contributed by atoms with Gasteiger partial charge in [-0.05, 0) is 36.1 Å². The molecule has 2 heterocycles. The highest BCUT2D eigenvalue weighted by molar-refractivity contribution is 7.15. The Bertz CT molecular complexity index is 1060. The molecule has 0 saturated carbocycles. The van der Waals surface area contributed by atoms with Gasteiger partial charge in [-0.3, -0.25) is 10.1 Å². The number of amides is 1. The zero-order valence-electron chi connectivity index (χ0n) is 16.4. The van der Waals surface area contributed by atoms with Crippen molar-refractivity contribution in [3.8, 4) is 0 Å². The summed E-state index contributed by atoms with van der Waals surface area (Å²) in [5.74, 6) is -0.803. The molecule has 6 heteroatoms. The minimum Gasteiger partial charge on any atom is -0.448 e. The first kappa shape index (κ1) is 19.3. The Hall–Kier alpha value is -2.99. The molecule has 1 aliphatic rings. The molecule has 3 aromatic rings. The monoisotopic (exact) mass is 406 g/mol. The number of hydrogen-bond donors (Lipinski definition) is 1. The van der Waals surface area contributed by atoms with Crippen molar-refractivity contribution >= 4 is 28.3 Å². The molecule has 0 spiro atoms. The molecule has 2 aromatic carbocycles. The molecule has 0 radical (unpaired) electrons. The second-order valence-corrected chi connectivity index (χ2v) is 8.34. The summed E-state index contributed by atoms with van der Waals surface area (Å²) in [4.78, 5) is 30.2. The fraction of sp³-hybridized carbons (Fsp3) is 0.261. The zero-order valence-corrected chi connectivity index (χ0v) is 17.2. The molecule has 0 fully saturated rings. The summed E-state index contributed by atoms with van der Waals surface area (Å²) in [5, 5.41) is 3.30. The van der Waals surface area contributed by atoms with Crippen molar-refractivity contribution in [2.75, 3.05) is 5.32 Å². The van der Waals surface area contributed by atoms with Gasteiger partial charge in [0.1, 0.15) is 0 Å². The Kier molecular flexibility index (Phi) is 5.45. The zero-order chi connectivity index (χ0) is 20.4. The number of thiazole rings is 1. The van der Waals surface area contributed by atoms with Crippen LogP contribution >= 0.6 is 11.3 Å². The minimum atomic E-state index is -0.841. The number of aryl methyl sites for hydroxylation is 2. The van der Waals surface area contributed by atoms with Crippen LogP contribution in [0.4, 0.5) is 5.13 Å². The lowest BCUT2D eigenvalue weighted by atomic mass is 9.96. The second kappa shape index (κ2) is 8.17. The van der Waals surface area contributed by atoms with E-state index in [-0.39, 0.29) is 5.91 Å². The van der Waals surface area contributed by atoms with E-state index < -0.39 is 12.1 Å². The number of aromatic nitrogens is 1. The van der Waals surface area contributed by atoms with Crippen LogP contribution in [0, 0.1) is 6.92 Å². The van der Waals surface area contributed by atoms with E-state index in [0.717, 1.165) is 28.8 Å². The van der Waals surface area contributed by atoms with E-state index in [9.17, 15) is 9.59 Å². The Balaban J connectivity index is 1.40. The minimum absolute atomic E-state index is 0.349. The average Bonchev–Trinajstić information content (AvgIpc) is 3.15. The van der Waals surface area contributed by atoms with E-state index in [1.54, 1.807) is 12.3 Å². The highest BCUT2D eigenvalue weighted by atomic mass is 32.1. The fourth-order valence-electron chi connectivity index (χ4n) is 3.37. The predicted octanol–water partition coefficient (Wildman–Crippen LogP) is 4.32. The van der Waals surface area contributed by atoms with E-state index in [1.807, 2.05) is 19.1 Å². The summed E-state index contributed by atoms with van der Waals surface area (Å²) in [6.07, 6.45) is 3.09. The molecule has 4 rings (SSSR count). The summed E-state index contributed by atoms with van der Waals surface area (Å²) in [6, 6.07) is 14.1. The largest absolute Gasteiger partial charge is 0.448 e. The third-order valence-corrected chi connectivity index (χ3v) is 5.94. The molecule has 148 valence electrons. The molecule has 1 aromatic heterocycles. The smallest absolute Gasteiger partial charge is 0.339 e. The van der Waals surface area contributed by atoms with Crippen LogP contribution in [0.2, 0.25) is 0 Å². The van der Waals surface area contributed by atoms with Gasteiger partial charge in [-0.1, -0.05) is 48.9 Å². The third kappa shape index (κ3) is 4.38. The van der Waals surface area contributed by atoms with Crippen molar-refractivity contribution in [1.82, 2.24) is 4.98 Å². The molecule has 0 aliphatic carbocycles. The van der Waals surface area contributed by atoms with Crippen LogP contribution in [-0.4, -0.2) is 23.0 Å². The molecule has 1 atom stereocenters. The molecule has 29 heavy (non-hydrogen) atoms. The van der Waals surface area contributed by atoms with Gasteiger partial charge in [-0.25, -0.2) is 9.78 Å². The number of cyclic esters (lactones) is 1. The quantitative estimate of drug-likeness (QED) is 0.641. The van der Waals surface area contributed by atoms with Crippen molar-refractivity contribution in [3.05, 3.63) is 81.4 Å². The van der Waals surface area contributed by atoms with Crippen LogP contribution in [0.25, 0.3) is 0 Å². The first-order chi connectivity index (χ1) is 14.0. The van der Waals surface area contributed by atoms with Crippen LogP contribution in [-0.2, 0) is 28.8 Å². The highest BCUT2D eigenvalue weighted by Gasteiger charge is 2.31. The molecule has 1 amide bonds. The number of fused-ring (bicyclic) bond motifs is 1. The van der Waals surface area contributed by atoms with E-state index in [1.165, 1.54) is 22.5 Å². The summed E-state index contributed by atoms with van der Waals surface area (Å²) in [5.41, 5.74) is 4.88. The first-order valence-electron chi connectivity index (χ1n) is 9.65. The van der Waals surface area contributed by atoms with E-state index in [2.05, 4.69) is 41.5 Å². The molecule has 5 nitrogen and oxygen atoms in total. The number of nitrogens with zero attached hydrogens (tertiary/aromatic N) is 1. The Morgan fingerprint density at radius 3 is 2.72 bits per heavy atom. The standard InChI is InChI=1S/C23H22N2O3S/c1-3-15-5-7-16(8-6-15)11-18-13-24-23(29-18)25-21(26)20-12-17-9-4-14(2)10-19(17)22(27)28-20/h4-10,13,20H,3,11-12H2,1-2H3,(H,24,25,26). The van der Waals surface area contributed by atoms with Gasteiger partial charge in [-0.2, -0.15) is 0 Å². The van der Waals surface area contributed by atoms with Crippen molar-refractivity contribution < 1.29 is 14.3 Å². The number of nitrogens with one attached hydrogen (secondary N) is 1. The molecule has 0 saturated heterocycles. The highest BCUT2D eigenvalue weighted by Crippen LogP contribution is 2.25. The van der Waals surface area contributed by atoms with Gasteiger partial charge in [0, 0.05) is 23.9 Å². The SMILES string of the molecule is CCc1ccc(Cc2cnc(NC(=O)C3Cc4ccc(C)cc4C(=O)O3)s2)cc1. The number of hydrogen-bond acceptors (Lipinski definition) is 5. The van der Waals surface area contributed by atoms with Gasteiger partial charge < -0.3 is 4.74 Å². The summed E-state index contributed by atoms with van der Waals surface area (Å²) >= 11 is 1.43. The summed E-state index contributed by atoms with van der Waals surface area (Å²) in [6.45, 7) is 4.06. The van der Waals surface area contributed by atoms with Crippen LogP contribution in [0.1, 0.15) is 44.4 Å². The van der Waals surface area contributed by atoms with Crippen molar-refractivity contribution in [1.29, 1.82) is 0 Å². The molecule has 1 unspecified atom stereocenters. The van der Waals surface area contributed by atoms with Gasteiger partial charge >= 0.3 is 5.97 Å². The van der Waals surface area contributed by atoms with E-state index in [4.69, 9.17) is 4.74 Å². The van der Waals surface area contributed by atoms with Crippen LogP contribution in [0.3, 0.4) is 0 Å². The van der Waals surface area contributed by atoms with Gasteiger partial charge in [-0.15, -0.1) is 11.3 Å². The third-order valence-electron chi connectivity index (χ3n) is 5.03. The normalized spacial score (nSPS) is 15.5. The number of carbonyl (C=O) groups excluding carboxylic acids is 2. The van der Waals surface area contributed by atoms with Gasteiger partial charge in [0.2, 0.25) is 0 Å². The number of rotatable bonds is 5. The van der Waals surface area contributed by atoms with Crippen LogP contribution in [0.15, 0.2) is 48.7 Å². The van der Waals surface area contributed by atoms with Gasteiger partial charge in [0.25, 0.3) is 5.91 Å². The fourth-order valence-corrected chi connectivity index (χ4v) is 4.22. The number of esters is 1. The summed E-state index contributed by atoms with van der Waals surface area (Å²) < 4.78 is 5.35. The maximum atomic E-state index is 12.6. The molecule has 1 aliphatic heterocycles. The summed E-state index contributed by atoms with van der Waals surface area (Å²) in [7, 11) is 0. The van der Waals surface area contributed by atoms with Crippen molar-refractivity contribution in [3.63, 3.8) is 0 Å². The number of carbonyl (C=O) groups is 2. The topological polar surface area (TPSA) is 68.3 Å². The van der Waals surface area contributed by atoms with Gasteiger partial charge in [0.05, 0.1) is 5.56 Å². The predicted molar refractivity (Wildman–Crippen MR) is 113 cm³/mol. The Labute approximate surface area is 173 Å². The Morgan fingerprint density at radius 2 is 1.97 bits per heavy atom. The van der Waals surface area contributed by atoms with E-state index in [0.29, 0.717) is 17.1 Å². The number of ether oxygens (including phenoxy) is 1. The van der Waals surface area contributed by atoms with Crippen LogP contribution < -0.4 is 5.32 Å². The van der Waals surface area contributed by atoms with Crippen molar-refractivity contribution in [2.45, 2.75) is 39.2 Å². The maximum absolute atomic E-state index is 12.6. The van der Waals surface area contributed by atoms with Crippen molar-refractivity contribution in [2.24, 2.45) is 0 Å². The van der Waals surface area contributed by atoms with Crippen LogP contribution in [0.5, 0.6) is 0 Å². The lowest BCUT2D eigenvalue weighted by Gasteiger charge is -2.23. The maximum Gasteiger partial charge on any atom is 0.339 e. The lowest BCUT2D eigenvalue weighted by molar-refractivity contribution is -0.125. The molecular formula is C23H22N2O3S.